The van der Waals surface area contributed by atoms with Crippen LogP contribution < -0.4 is 4.74 Å². The first-order chi connectivity index (χ1) is 13.0. The van der Waals surface area contributed by atoms with Gasteiger partial charge in [0.05, 0.1) is 5.71 Å². The fraction of sp³-hybridized carbons (Fsp3) is 0.318. The van der Waals surface area contributed by atoms with Crippen molar-refractivity contribution in [1.29, 1.82) is 0 Å². The molecule has 5 heteroatoms. The third-order valence-corrected chi connectivity index (χ3v) is 4.64. The van der Waals surface area contributed by atoms with Gasteiger partial charge < -0.3 is 9.57 Å². The second kappa shape index (κ2) is 8.62. The third kappa shape index (κ3) is 5.03. The van der Waals surface area contributed by atoms with Crippen LogP contribution in [0.4, 0.5) is 0 Å². The van der Waals surface area contributed by atoms with Crippen LogP contribution in [0.5, 0.6) is 5.75 Å². The highest BCUT2D eigenvalue weighted by molar-refractivity contribution is 6.08. The van der Waals surface area contributed by atoms with Gasteiger partial charge in [0, 0.05) is 12.8 Å². The van der Waals surface area contributed by atoms with Gasteiger partial charge >= 0.3 is 0 Å². The maximum atomic E-state index is 11.6. The van der Waals surface area contributed by atoms with Crippen molar-refractivity contribution in [2.24, 2.45) is 11.1 Å². The number of oxime groups is 1. The Balaban J connectivity index is 1.52. The van der Waals surface area contributed by atoms with E-state index in [9.17, 15) is 9.59 Å². The summed E-state index contributed by atoms with van der Waals surface area (Å²) in [4.78, 5) is 28.7. The van der Waals surface area contributed by atoms with Gasteiger partial charge in [-0.2, -0.15) is 0 Å². The van der Waals surface area contributed by atoms with E-state index in [2.05, 4.69) is 5.16 Å². The first-order valence-electron chi connectivity index (χ1n) is 9.03. The highest BCUT2D eigenvalue weighted by atomic mass is 16.6. The predicted octanol–water partition coefficient (Wildman–Crippen LogP) is 3.86. The lowest BCUT2D eigenvalue weighted by Gasteiger charge is -2.10. The van der Waals surface area contributed by atoms with Gasteiger partial charge in [-0.05, 0) is 49.2 Å². The second-order valence-corrected chi connectivity index (χ2v) is 6.76. The van der Waals surface area contributed by atoms with Gasteiger partial charge in [-0.3, -0.25) is 9.59 Å². The number of carbonyl (C=O) groups is 2. The predicted molar refractivity (Wildman–Crippen MR) is 103 cm³/mol. The number of hydrogen-bond acceptors (Lipinski definition) is 5. The molecule has 2 aromatic carbocycles. The van der Waals surface area contributed by atoms with Crippen LogP contribution in [0.2, 0.25) is 0 Å². The van der Waals surface area contributed by atoms with E-state index < -0.39 is 5.92 Å². The number of nitrogens with zero attached hydrogens (tertiary/aromatic N) is 1. The number of rotatable bonds is 7. The molecule has 1 aliphatic rings. The van der Waals surface area contributed by atoms with Crippen LogP contribution in [0.15, 0.2) is 53.7 Å². The highest BCUT2D eigenvalue weighted by Gasteiger charge is 2.33. The van der Waals surface area contributed by atoms with E-state index >= 15 is 0 Å². The lowest BCUT2D eigenvalue weighted by molar-refractivity contribution is -0.128. The van der Waals surface area contributed by atoms with Crippen molar-refractivity contribution in [3.05, 3.63) is 65.2 Å². The molecule has 1 saturated carbocycles. The van der Waals surface area contributed by atoms with E-state index in [0.29, 0.717) is 25.2 Å². The number of benzene rings is 2. The zero-order valence-corrected chi connectivity index (χ0v) is 15.6. The highest BCUT2D eigenvalue weighted by Crippen LogP contribution is 2.20. The van der Waals surface area contributed by atoms with Gasteiger partial charge in [0.2, 0.25) is 0 Å². The minimum Gasteiger partial charge on any atom is -0.492 e. The minimum atomic E-state index is -0.608. The molecular formula is C22H23NO4. The van der Waals surface area contributed by atoms with Crippen LogP contribution in [-0.4, -0.2) is 23.9 Å². The molecule has 2 aromatic rings. The lowest BCUT2D eigenvalue weighted by Crippen LogP contribution is -2.22. The van der Waals surface area contributed by atoms with Crippen molar-refractivity contribution in [2.75, 3.05) is 6.61 Å². The van der Waals surface area contributed by atoms with Crippen molar-refractivity contribution in [3.63, 3.8) is 0 Å². The van der Waals surface area contributed by atoms with Gasteiger partial charge in [-0.15, -0.1) is 0 Å². The number of hydrogen-bond donors (Lipinski definition) is 0. The summed E-state index contributed by atoms with van der Waals surface area (Å²) in [6, 6.07) is 15.5. The normalized spacial score (nSPS) is 15.3. The van der Waals surface area contributed by atoms with Gasteiger partial charge in [-0.1, -0.05) is 35.0 Å². The number of aryl methyl sites for hydroxylation is 1. The van der Waals surface area contributed by atoms with Crippen LogP contribution in [0, 0.1) is 12.8 Å². The Labute approximate surface area is 159 Å². The van der Waals surface area contributed by atoms with Crippen molar-refractivity contribution >= 4 is 17.3 Å². The summed E-state index contributed by atoms with van der Waals surface area (Å²) >= 11 is 0. The monoisotopic (exact) mass is 365 g/mol. The fourth-order valence-electron chi connectivity index (χ4n) is 2.87. The SMILES string of the molecule is C/C(=N\OCc1ccc(C)cc1)c1ccc(OCC2C(=O)CCC2=O)cc1. The zero-order chi connectivity index (χ0) is 19.2. The molecule has 0 aliphatic heterocycles. The fourth-order valence-corrected chi connectivity index (χ4v) is 2.87. The molecule has 0 amide bonds. The van der Waals surface area contributed by atoms with Crippen LogP contribution in [0.25, 0.3) is 0 Å². The quantitative estimate of drug-likeness (QED) is 0.424. The van der Waals surface area contributed by atoms with Crippen LogP contribution in [-0.2, 0) is 21.0 Å². The summed E-state index contributed by atoms with van der Waals surface area (Å²) in [6.45, 7) is 4.46. The summed E-state index contributed by atoms with van der Waals surface area (Å²) in [5.74, 6) is -0.0292. The Bertz CT molecular complexity index is 822. The molecule has 1 aliphatic carbocycles. The van der Waals surface area contributed by atoms with E-state index in [-0.39, 0.29) is 18.2 Å². The Hall–Kier alpha value is -2.95. The van der Waals surface area contributed by atoms with E-state index in [1.165, 1.54) is 5.56 Å². The molecule has 0 spiro atoms. The Morgan fingerprint density at radius 2 is 1.63 bits per heavy atom. The van der Waals surface area contributed by atoms with Crippen LogP contribution >= 0.6 is 0 Å². The van der Waals surface area contributed by atoms with Gasteiger partial charge in [0.25, 0.3) is 0 Å². The summed E-state index contributed by atoms with van der Waals surface area (Å²) < 4.78 is 5.60. The van der Waals surface area contributed by atoms with E-state index in [0.717, 1.165) is 16.8 Å². The van der Waals surface area contributed by atoms with E-state index in [4.69, 9.17) is 9.57 Å². The minimum absolute atomic E-state index is 0.0228. The van der Waals surface area contributed by atoms with Crippen LogP contribution in [0.1, 0.15) is 36.5 Å². The van der Waals surface area contributed by atoms with Gasteiger partial charge in [0.15, 0.2) is 0 Å². The Morgan fingerprint density at radius 1 is 1.00 bits per heavy atom. The van der Waals surface area contributed by atoms with Crippen molar-refractivity contribution in [3.8, 4) is 5.75 Å². The van der Waals surface area contributed by atoms with Crippen molar-refractivity contribution in [2.45, 2.75) is 33.3 Å². The molecule has 140 valence electrons. The molecule has 0 atom stereocenters. The summed E-state index contributed by atoms with van der Waals surface area (Å²) in [5.41, 5.74) is 3.95. The summed E-state index contributed by atoms with van der Waals surface area (Å²) in [6.07, 6.45) is 0.675. The first-order valence-corrected chi connectivity index (χ1v) is 9.03. The standard InChI is InChI=1S/C22H23NO4/c1-15-3-5-17(6-4-15)13-27-23-16(2)18-7-9-19(10-8-18)26-14-20-21(24)11-12-22(20)25/h3-10,20H,11-14H2,1-2H3/b23-16+. The van der Waals surface area contributed by atoms with Crippen molar-refractivity contribution < 1.29 is 19.2 Å². The number of Topliss-reactive ketones (excluding diaryl/α,β-unsaturated/α-hetero) is 2. The van der Waals surface area contributed by atoms with Gasteiger partial charge in [0.1, 0.15) is 36.4 Å². The maximum absolute atomic E-state index is 11.6. The first kappa shape index (κ1) is 18.8. The molecule has 27 heavy (non-hydrogen) atoms. The molecule has 1 fully saturated rings. The smallest absolute Gasteiger partial charge is 0.147 e. The van der Waals surface area contributed by atoms with E-state index in [1.54, 1.807) is 12.1 Å². The molecule has 3 rings (SSSR count). The zero-order valence-electron chi connectivity index (χ0n) is 15.6. The number of ketones is 2. The average Bonchev–Trinajstić information content (AvgIpc) is 3.00. The molecule has 0 heterocycles. The summed E-state index contributed by atoms with van der Waals surface area (Å²) in [5, 5.41) is 4.16. The topological polar surface area (TPSA) is 65.0 Å². The third-order valence-electron chi connectivity index (χ3n) is 4.64. The molecular weight excluding hydrogens is 342 g/mol. The molecule has 0 radical (unpaired) electrons. The second-order valence-electron chi connectivity index (χ2n) is 6.76. The lowest BCUT2D eigenvalue weighted by atomic mass is 10.1. The number of ether oxygens (including phenoxy) is 1. The molecule has 0 bridgehead atoms. The molecule has 5 nitrogen and oxygen atoms in total. The Kier molecular flexibility index (Phi) is 6.01. The largest absolute Gasteiger partial charge is 0.492 e. The van der Waals surface area contributed by atoms with E-state index in [1.807, 2.05) is 50.2 Å². The molecule has 0 N–H and O–H groups in total. The van der Waals surface area contributed by atoms with Crippen molar-refractivity contribution in [1.82, 2.24) is 0 Å². The maximum Gasteiger partial charge on any atom is 0.147 e. The van der Waals surface area contributed by atoms with Crippen LogP contribution in [0.3, 0.4) is 0 Å². The summed E-state index contributed by atoms with van der Waals surface area (Å²) in [7, 11) is 0. The van der Waals surface area contributed by atoms with Gasteiger partial charge in [-0.25, -0.2) is 0 Å². The molecule has 0 saturated heterocycles. The molecule has 0 aromatic heterocycles. The average molecular weight is 365 g/mol. The molecule has 0 unspecified atom stereocenters. The Morgan fingerprint density at radius 3 is 2.26 bits per heavy atom. The number of carbonyl (C=O) groups excluding carboxylic acids is 2.